The van der Waals surface area contributed by atoms with Gasteiger partial charge in [-0.3, -0.25) is 5.84 Å². The minimum absolute atomic E-state index is 0. The summed E-state index contributed by atoms with van der Waals surface area (Å²) in [7, 11) is 0. The zero-order chi connectivity index (χ0) is 10.1. The topological polar surface area (TPSA) is 42.1 Å². The molecule has 5 heteroatoms. The summed E-state index contributed by atoms with van der Waals surface area (Å²) in [5.41, 5.74) is 1.60. The molecule has 1 aromatic heterocycles. The molecule has 0 amide bonds. The van der Waals surface area contributed by atoms with Crippen LogP contribution in [0.3, 0.4) is 0 Å². The molecule has 1 aliphatic rings. The first-order chi connectivity index (χ1) is 6.68. The average molecular weight is 232 g/mol. The maximum atomic E-state index is 12.9. The number of pyridine rings is 1. The maximum Gasteiger partial charge on any atom is 0.215 e. The number of halogens is 2. The van der Waals surface area contributed by atoms with Crippen LogP contribution in [0.15, 0.2) is 12.3 Å². The van der Waals surface area contributed by atoms with Crippen LogP contribution >= 0.6 is 12.4 Å². The van der Waals surface area contributed by atoms with Crippen molar-refractivity contribution < 1.29 is 4.39 Å². The van der Waals surface area contributed by atoms with E-state index in [1.165, 1.54) is 0 Å². The van der Waals surface area contributed by atoms with E-state index in [9.17, 15) is 4.39 Å². The highest BCUT2D eigenvalue weighted by Gasteiger charge is 2.23. The molecule has 2 heterocycles. The van der Waals surface area contributed by atoms with E-state index in [1.54, 1.807) is 18.1 Å². The van der Waals surface area contributed by atoms with E-state index in [0.717, 1.165) is 24.9 Å². The van der Waals surface area contributed by atoms with Gasteiger partial charge in [-0.25, -0.2) is 9.99 Å². The SMILES string of the molecule is Cc1cc([C@@H]2CCCN2N)cnc1F.Cl. The van der Waals surface area contributed by atoms with Gasteiger partial charge >= 0.3 is 0 Å². The second-order valence-corrected chi connectivity index (χ2v) is 3.77. The molecule has 0 bridgehead atoms. The Morgan fingerprint density at radius 3 is 2.87 bits per heavy atom. The zero-order valence-electron chi connectivity index (χ0n) is 8.61. The molecule has 1 saturated heterocycles. The van der Waals surface area contributed by atoms with Gasteiger partial charge in [0.2, 0.25) is 5.95 Å². The number of hydrazine groups is 1. The van der Waals surface area contributed by atoms with E-state index in [0.29, 0.717) is 5.56 Å². The van der Waals surface area contributed by atoms with Crippen LogP contribution in [0.25, 0.3) is 0 Å². The highest BCUT2D eigenvalue weighted by Crippen LogP contribution is 2.29. The lowest BCUT2D eigenvalue weighted by atomic mass is 10.1. The molecule has 15 heavy (non-hydrogen) atoms. The molecule has 1 aliphatic heterocycles. The molecule has 1 aromatic rings. The number of rotatable bonds is 1. The normalized spacial score (nSPS) is 21.4. The molecule has 1 atom stereocenters. The number of hydrogen-bond acceptors (Lipinski definition) is 3. The summed E-state index contributed by atoms with van der Waals surface area (Å²) in [4.78, 5) is 3.71. The summed E-state index contributed by atoms with van der Waals surface area (Å²) < 4.78 is 12.9. The van der Waals surface area contributed by atoms with E-state index in [1.807, 2.05) is 6.07 Å². The first-order valence-electron chi connectivity index (χ1n) is 4.82. The Morgan fingerprint density at radius 1 is 1.60 bits per heavy atom. The first kappa shape index (κ1) is 12.4. The van der Waals surface area contributed by atoms with Gasteiger partial charge in [0.25, 0.3) is 0 Å². The van der Waals surface area contributed by atoms with Crippen LogP contribution in [-0.2, 0) is 0 Å². The van der Waals surface area contributed by atoms with Crippen LogP contribution in [0.1, 0.15) is 30.0 Å². The Kier molecular flexibility index (Phi) is 4.02. The largest absolute Gasteiger partial charge is 0.268 e. The van der Waals surface area contributed by atoms with Crippen molar-refractivity contribution in [1.82, 2.24) is 9.99 Å². The Morgan fingerprint density at radius 2 is 2.33 bits per heavy atom. The third kappa shape index (κ3) is 2.45. The standard InChI is InChI=1S/C10H14FN3.ClH/c1-7-5-8(6-13-10(7)11)9-3-2-4-14(9)12;/h5-6,9H,2-4,12H2,1H3;1H/t9-;/m0./s1. The third-order valence-corrected chi connectivity index (χ3v) is 2.71. The molecule has 2 N–H and O–H groups in total. The average Bonchev–Trinajstić information content (AvgIpc) is 2.57. The lowest BCUT2D eigenvalue weighted by molar-refractivity contribution is 0.265. The van der Waals surface area contributed by atoms with Gasteiger partial charge in [0.15, 0.2) is 0 Å². The Bertz CT molecular complexity index is 345. The second kappa shape index (κ2) is 4.88. The van der Waals surface area contributed by atoms with Crippen molar-refractivity contribution in [3.05, 3.63) is 29.3 Å². The minimum atomic E-state index is -0.393. The van der Waals surface area contributed by atoms with Crippen LogP contribution in [0.5, 0.6) is 0 Å². The number of nitrogens with two attached hydrogens (primary N) is 1. The van der Waals surface area contributed by atoms with Crippen molar-refractivity contribution in [2.45, 2.75) is 25.8 Å². The van der Waals surface area contributed by atoms with Crippen LogP contribution in [-0.4, -0.2) is 16.5 Å². The summed E-state index contributed by atoms with van der Waals surface area (Å²) in [6, 6.07) is 2.04. The molecule has 84 valence electrons. The second-order valence-electron chi connectivity index (χ2n) is 3.77. The fraction of sp³-hybridized carbons (Fsp3) is 0.500. The van der Waals surface area contributed by atoms with Crippen molar-refractivity contribution in [2.75, 3.05) is 6.54 Å². The minimum Gasteiger partial charge on any atom is -0.268 e. The molecule has 0 spiro atoms. The highest BCUT2D eigenvalue weighted by atomic mass is 35.5. The smallest absolute Gasteiger partial charge is 0.215 e. The lowest BCUT2D eigenvalue weighted by Crippen LogP contribution is -2.30. The number of aromatic nitrogens is 1. The highest BCUT2D eigenvalue weighted by molar-refractivity contribution is 5.85. The third-order valence-electron chi connectivity index (χ3n) is 2.71. The molecule has 0 radical (unpaired) electrons. The first-order valence-corrected chi connectivity index (χ1v) is 4.82. The summed E-state index contributed by atoms with van der Waals surface area (Å²) in [6.45, 7) is 2.63. The Hall–Kier alpha value is -0.710. The predicted molar refractivity (Wildman–Crippen MR) is 59.0 cm³/mol. The van der Waals surface area contributed by atoms with Crippen molar-refractivity contribution in [1.29, 1.82) is 0 Å². The van der Waals surface area contributed by atoms with Crippen LogP contribution in [0.4, 0.5) is 4.39 Å². The van der Waals surface area contributed by atoms with Crippen molar-refractivity contribution in [3.63, 3.8) is 0 Å². The molecule has 0 saturated carbocycles. The number of nitrogens with zero attached hydrogens (tertiary/aromatic N) is 2. The summed E-state index contributed by atoms with van der Waals surface area (Å²) in [6.07, 6.45) is 3.71. The lowest BCUT2D eigenvalue weighted by Gasteiger charge is -2.19. The molecule has 0 aliphatic carbocycles. The molecule has 0 aromatic carbocycles. The van der Waals surface area contributed by atoms with Gasteiger partial charge in [0, 0.05) is 18.3 Å². The van der Waals surface area contributed by atoms with Crippen LogP contribution < -0.4 is 5.84 Å². The fourth-order valence-electron chi connectivity index (χ4n) is 1.91. The molecular formula is C10H15ClFN3. The molecule has 3 nitrogen and oxygen atoms in total. The van der Waals surface area contributed by atoms with Gasteiger partial charge in [-0.15, -0.1) is 12.4 Å². The molecule has 2 rings (SSSR count). The number of aryl methyl sites for hydroxylation is 1. The van der Waals surface area contributed by atoms with Gasteiger partial charge < -0.3 is 0 Å². The molecular weight excluding hydrogens is 217 g/mol. The summed E-state index contributed by atoms with van der Waals surface area (Å²) in [5, 5.41) is 1.80. The van der Waals surface area contributed by atoms with Gasteiger partial charge in [-0.05, 0) is 31.4 Å². The van der Waals surface area contributed by atoms with Crippen molar-refractivity contribution >= 4 is 12.4 Å². The predicted octanol–water partition coefficient (Wildman–Crippen LogP) is 1.96. The molecule has 1 fully saturated rings. The van der Waals surface area contributed by atoms with Crippen LogP contribution in [0, 0.1) is 12.9 Å². The zero-order valence-corrected chi connectivity index (χ0v) is 9.43. The van der Waals surface area contributed by atoms with Crippen molar-refractivity contribution in [2.24, 2.45) is 5.84 Å². The van der Waals surface area contributed by atoms with Gasteiger partial charge in [0.1, 0.15) is 0 Å². The Balaban J connectivity index is 0.00000112. The van der Waals surface area contributed by atoms with Crippen molar-refractivity contribution in [3.8, 4) is 0 Å². The summed E-state index contributed by atoms with van der Waals surface area (Å²) >= 11 is 0. The van der Waals surface area contributed by atoms with E-state index >= 15 is 0 Å². The quantitative estimate of drug-likeness (QED) is 0.594. The summed E-state index contributed by atoms with van der Waals surface area (Å²) in [5.74, 6) is 5.42. The van der Waals surface area contributed by atoms with E-state index in [-0.39, 0.29) is 18.4 Å². The number of hydrogen-bond donors (Lipinski definition) is 1. The van der Waals surface area contributed by atoms with Gasteiger partial charge in [0.05, 0.1) is 6.04 Å². The van der Waals surface area contributed by atoms with Gasteiger partial charge in [-0.1, -0.05) is 0 Å². The van der Waals surface area contributed by atoms with E-state index in [2.05, 4.69) is 4.98 Å². The maximum absolute atomic E-state index is 12.9. The van der Waals surface area contributed by atoms with E-state index in [4.69, 9.17) is 5.84 Å². The van der Waals surface area contributed by atoms with Crippen LogP contribution in [0.2, 0.25) is 0 Å². The Labute approximate surface area is 94.9 Å². The van der Waals surface area contributed by atoms with Gasteiger partial charge in [-0.2, -0.15) is 4.39 Å². The van der Waals surface area contributed by atoms with E-state index < -0.39 is 5.95 Å². The fourth-order valence-corrected chi connectivity index (χ4v) is 1.91. The monoisotopic (exact) mass is 231 g/mol. The molecule has 0 unspecified atom stereocenters.